The quantitative estimate of drug-likeness (QED) is 0.655. The first kappa shape index (κ1) is 14.8. The lowest BCUT2D eigenvalue weighted by Gasteiger charge is -2.07. The molecule has 0 bridgehead atoms. The first-order valence-electron chi connectivity index (χ1n) is 6.10. The second-order valence-corrected chi connectivity index (χ2v) is 5.85. The average molecular weight is 272 g/mol. The van der Waals surface area contributed by atoms with Gasteiger partial charge in [-0.15, -0.1) is 0 Å². The number of hydrogen-bond acceptors (Lipinski definition) is 5. The van der Waals surface area contributed by atoms with Gasteiger partial charge in [0, 0.05) is 0 Å². The molecular formula is C11H20N4O2S. The molecule has 0 saturated heterocycles. The lowest BCUT2D eigenvalue weighted by molar-refractivity contribution is 0.590. The molecule has 0 aliphatic rings. The third-order valence-electron chi connectivity index (χ3n) is 2.28. The van der Waals surface area contributed by atoms with E-state index in [0.717, 1.165) is 25.9 Å². The molecule has 0 fully saturated rings. The van der Waals surface area contributed by atoms with E-state index in [4.69, 9.17) is 0 Å². The first-order chi connectivity index (χ1) is 8.64. The Bertz CT molecular complexity index is 422. The maximum Gasteiger partial charge on any atom is 0.232 e. The zero-order chi connectivity index (χ0) is 13.3. The van der Waals surface area contributed by atoms with Crippen LogP contribution >= 0.6 is 0 Å². The van der Waals surface area contributed by atoms with Gasteiger partial charge in [0.05, 0.1) is 23.8 Å². The number of nitrogens with one attached hydrogen (secondary N) is 2. The maximum atomic E-state index is 11.7. The van der Waals surface area contributed by atoms with E-state index in [1.807, 2.05) is 0 Å². The van der Waals surface area contributed by atoms with Crippen molar-refractivity contribution in [3.05, 3.63) is 18.7 Å². The molecule has 0 amide bonds. The van der Waals surface area contributed by atoms with Crippen molar-refractivity contribution in [2.75, 3.05) is 23.6 Å². The van der Waals surface area contributed by atoms with Crippen molar-refractivity contribution < 1.29 is 8.42 Å². The summed E-state index contributed by atoms with van der Waals surface area (Å²) in [5.41, 5.74) is 0.404. The van der Waals surface area contributed by atoms with Crippen LogP contribution in [0, 0.1) is 0 Å². The third kappa shape index (κ3) is 6.51. The van der Waals surface area contributed by atoms with Crippen molar-refractivity contribution in [1.82, 2.24) is 15.3 Å². The Morgan fingerprint density at radius 2 is 1.89 bits per heavy atom. The topological polar surface area (TPSA) is 84.0 Å². The Hall–Kier alpha value is -1.21. The number of hydrogen-bond donors (Lipinski definition) is 2. The lowest BCUT2D eigenvalue weighted by Crippen LogP contribution is -2.20. The van der Waals surface area contributed by atoms with E-state index < -0.39 is 10.0 Å². The van der Waals surface area contributed by atoms with Crippen molar-refractivity contribution in [2.45, 2.75) is 26.2 Å². The highest BCUT2D eigenvalue weighted by molar-refractivity contribution is 7.92. The van der Waals surface area contributed by atoms with Gasteiger partial charge < -0.3 is 5.32 Å². The smallest absolute Gasteiger partial charge is 0.232 e. The van der Waals surface area contributed by atoms with Crippen LogP contribution < -0.4 is 10.0 Å². The molecule has 1 aromatic rings. The summed E-state index contributed by atoms with van der Waals surface area (Å²) in [6.07, 6.45) is 6.82. The van der Waals surface area contributed by atoms with Gasteiger partial charge in [-0.25, -0.2) is 18.4 Å². The van der Waals surface area contributed by atoms with Crippen LogP contribution in [0.3, 0.4) is 0 Å². The normalized spacial score (nSPS) is 11.4. The van der Waals surface area contributed by atoms with E-state index in [1.165, 1.54) is 18.7 Å². The van der Waals surface area contributed by atoms with E-state index in [0.29, 0.717) is 12.1 Å². The van der Waals surface area contributed by atoms with Gasteiger partial charge in [-0.1, -0.05) is 6.92 Å². The molecule has 6 nitrogen and oxygen atoms in total. The summed E-state index contributed by atoms with van der Waals surface area (Å²) in [5, 5.41) is 3.24. The molecule has 7 heteroatoms. The maximum absolute atomic E-state index is 11.7. The SMILES string of the molecule is CCCNCCCCS(=O)(=O)Nc1cncnc1. The summed E-state index contributed by atoms with van der Waals surface area (Å²) in [5.74, 6) is 0.121. The molecule has 2 N–H and O–H groups in total. The van der Waals surface area contributed by atoms with Gasteiger partial charge in [-0.3, -0.25) is 4.72 Å². The van der Waals surface area contributed by atoms with Crippen LogP contribution in [-0.2, 0) is 10.0 Å². The highest BCUT2D eigenvalue weighted by atomic mass is 32.2. The van der Waals surface area contributed by atoms with Crippen LogP contribution in [-0.4, -0.2) is 37.2 Å². The minimum absolute atomic E-state index is 0.121. The fraction of sp³-hybridized carbons (Fsp3) is 0.636. The van der Waals surface area contributed by atoms with Gasteiger partial charge in [0.2, 0.25) is 10.0 Å². The van der Waals surface area contributed by atoms with Gasteiger partial charge in [0.25, 0.3) is 0 Å². The van der Waals surface area contributed by atoms with E-state index in [2.05, 4.69) is 26.9 Å². The van der Waals surface area contributed by atoms with E-state index >= 15 is 0 Å². The highest BCUT2D eigenvalue weighted by Crippen LogP contribution is 2.05. The Balaban J connectivity index is 2.24. The fourth-order valence-corrected chi connectivity index (χ4v) is 2.58. The molecule has 0 radical (unpaired) electrons. The van der Waals surface area contributed by atoms with Gasteiger partial charge in [0.15, 0.2) is 0 Å². The second kappa shape index (κ2) is 7.99. The fourth-order valence-electron chi connectivity index (χ4n) is 1.43. The summed E-state index contributed by atoms with van der Waals surface area (Å²) < 4.78 is 25.9. The molecule has 0 unspecified atom stereocenters. The lowest BCUT2D eigenvalue weighted by atomic mass is 10.3. The highest BCUT2D eigenvalue weighted by Gasteiger charge is 2.09. The standard InChI is InChI=1S/C11H20N4O2S/c1-2-5-12-6-3-4-7-18(16,17)15-11-8-13-10-14-9-11/h8-10,12,15H,2-7H2,1H3. The zero-order valence-electron chi connectivity index (χ0n) is 10.6. The van der Waals surface area contributed by atoms with Crippen molar-refractivity contribution in [3.8, 4) is 0 Å². The Morgan fingerprint density at radius 3 is 2.56 bits per heavy atom. The molecule has 1 aromatic heterocycles. The number of anilines is 1. The molecule has 0 aliphatic heterocycles. The summed E-state index contributed by atoms with van der Waals surface area (Å²) in [6.45, 7) is 3.94. The predicted octanol–water partition coefficient (Wildman–Crippen LogP) is 0.998. The van der Waals surface area contributed by atoms with Crippen LogP contribution in [0.1, 0.15) is 26.2 Å². The minimum atomic E-state index is -3.29. The Labute approximate surface area is 108 Å². The third-order valence-corrected chi connectivity index (χ3v) is 3.65. The second-order valence-electron chi connectivity index (χ2n) is 4.01. The van der Waals surface area contributed by atoms with Crippen LogP contribution in [0.4, 0.5) is 5.69 Å². The Morgan fingerprint density at radius 1 is 1.17 bits per heavy atom. The Kier molecular flexibility index (Phi) is 6.59. The molecule has 0 aromatic carbocycles. The molecule has 1 rings (SSSR count). The van der Waals surface area contributed by atoms with Crippen molar-refractivity contribution >= 4 is 15.7 Å². The van der Waals surface area contributed by atoms with Gasteiger partial charge >= 0.3 is 0 Å². The molecule has 0 aliphatic carbocycles. The zero-order valence-corrected chi connectivity index (χ0v) is 11.4. The van der Waals surface area contributed by atoms with E-state index in [9.17, 15) is 8.42 Å². The van der Waals surface area contributed by atoms with Crippen LogP contribution in [0.25, 0.3) is 0 Å². The number of sulfonamides is 1. The molecule has 0 spiro atoms. The predicted molar refractivity (Wildman–Crippen MR) is 71.8 cm³/mol. The van der Waals surface area contributed by atoms with Crippen molar-refractivity contribution in [3.63, 3.8) is 0 Å². The van der Waals surface area contributed by atoms with Gasteiger partial charge in [0.1, 0.15) is 6.33 Å². The summed E-state index contributed by atoms with van der Waals surface area (Å²) in [7, 11) is -3.29. The number of rotatable bonds is 9. The monoisotopic (exact) mass is 272 g/mol. The first-order valence-corrected chi connectivity index (χ1v) is 7.75. The van der Waals surface area contributed by atoms with Crippen LogP contribution in [0.5, 0.6) is 0 Å². The molecule has 1 heterocycles. The minimum Gasteiger partial charge on any atom is -0.317 e. The largest absolute Gasteiger partial charge is 0.317 e. The van der Waals surface area contributed by atoms with Crippen LogP contribution in [0.15, 0.2) is 18.7 Å². The average Bonchev–Trinajstić information content (AvgIpc) is 2.34. The van der Waals surface area contributed by atoms with Gasteiger partial charge in [-0.2, -0.15) is 0 Å². The number of nitrogens with zero attached hydrogens (tertiary/aromatic N) is 2. The van der Waals surface area contributed by atoms with Crippen molar-refractivity contribution in [2.24, 2.45) is 0 Å². The summed E-state index contributed by atoms with van der Waals surface area (Å²) in [6, 6.07) is 0. The molecular weight excluding hydrogens is 252 g/mol. The molecule has 102 valence electrons. The number of aromatic nitrogens is 2. The molecule has 18 heavy (non-hydrogen) atoms. The van der Waals surface area contributed by atoms with Gasteiger partial charge in [-0.05, 0) is 32.4 Å². The summed E-state index contributed by atoms with van der Waals surface area (Å²) in [4.78, 5) is 7.50. The molecule has 0 atom stereocenters. The van der Waals surface area contributed by atoms with Crippen LogP contribution in [0.2, 0.25) is 0 Å². The number of unbranched alkanes of at least 4 members (excludes halogenated alkanes) is 1. The van der Waals surface area contributed by atoms with E-state index in [1.54, 1.807) is 0 Å². The summed E-state index contributed by atoms with van der Waals surface area (Å²) >= 11 is 0. The van der Waals surface area contributed by atoms with E-state index in [-0.39, 0.29) is 5.75 Å². The van der Waals surface area contributed by atoms with Crippen molar-refractivity contribution in [1.29, 1.82) is 0 Å². The molecule has 0 saturated carbocycles.